The van der Waals surface area contributed by atoms with Gasteiger partial charge in [-0.05, 0) is 25.8 Å². The van der Waals surface area contributed by atoms with Gasteiger partial charge in [-0.15, -0.1) is 11.3 Å². The van der Waals surface area contributed by atoms with Crippen molar-refractivity contribution < 1.29 is 8.42 Å². The molecule has 0 radical (unpaired) electrons. The Hall–Kier alpha value is -2.07. The third kappa shape index (κ3) is 4.26. The lowest BCUT2D eigenvalue weighted by atomic mass is 10.0. The van der Waals surface area contributed by atoms with Crippen molar-refractivity contribution in [2.75, 3.05) is 37.7 Å². The second kappa shape index (κ2) is 8.37. The number of sulfone groups is 1. The van der Waals surface area contributed by atoms with Crippen molar-refractivity contribution in [2.45, 2.75) is 32.9 Å². The normalized spacial score (nSPS) is 22.0. The Bertz CT molecular complexity index is 1300. The summed E-state index contributed by atoms with van der Waals surface area (Å²) in [6.07, 6.45) is 0.745. The zero-order valence-electron chi connectivity index (χ0n) is 18.4. The number of aryl methyl sites for hydroxylation is 2. The number of fused-ring (bicyclic) bond motifs is 1. The molecule has 1 aromatic carbocycles. The molecule has 32 heavy (non-hydrogen) atoms. The van der Waals surface area contributed by atoms with Crippen molar-refractivity contribution in [1.29, 1.82) is 0 Å². The molecule has 2 aliphatic rings. The number of aromatic amines is 1. The van der Waals surface area contributed by atoms with Crippen LogP contribution in [0.25, 0.3) is 21.3 Å². The number of aromatic nitrogens is 2. The van der Waals surface area contributed by atoms with Crippen LogP contribution >= 0.6 is 11.3 Å². The predicted octanol–water partition coefficient (Wildman–Crippen LogP) is 2.57. The number of thiophene rings is 1. The van der Waals surface area contributed by atoms with Crippen molar-refractivity contribution in [2.24, 2.45) is 0 Å². The minimum Gasteiger partial charge on any atom is -0.309 e. The van der Waals surface area contributed by atoms with Gasteiger partial charge in [0.25, 0.3) is 5.56 Å². The molecular formula is C23H28N4O3S2. The third-order valence-electron chi connectivity index (χ3n) is 6.63. The number of H-pyrrole nitrogens is 1. The molecule has 7 nitrogen and oxygen atoms in total. The van der Waals surface area contributed by atoms with Crippen LogP contribution in [0, 0.1) is 13.8 Å². The lowest BCUT2D eigenvalue weighted by Gasteiger charge is -2.37. The van der Waals surface area contributed by atoms with Crippen LogP contribution in [0.3, 0.4) is 0 Å². The zero-order chi connectivity index (χ0) is 22.5. The summed E-state index contributed by atoms with van der Waals surface area (Å²) in [5.74, 6) is 1.30. The van der Waals surface area contributed by atoms with Crippen molar-refractivity contribution in [1.82, 2.24) is 19.8 Å². The number of piperazine rings is 1. The lowest BCUT2D eigenvalue weighted by molar-refractivity contribution is 0.0984. The van der Waals surface area contributed by atoms with Gasteiger partial charge in [-0.3, -0.25) is 14.6 Å². The fraction of sp³-hybridized carbons (Fsp3) is 0.478. The Morgan fingerprint density at radius 3 is 2.50 bits per heavy atom. The molecule has 4 heterocycles. The van der Waals surface area contributed by atoms with E-state index in [0.717, 1.165) is 53.4 Å². The first kappa shape index (κ1) is 21.8. The Morgan fingerprint density at radius 1 is 1.12 bits per heavy atom. The van der Waals surface area contributed by atoms with Crippen molar-refractivity contribution in [3.05, 3.63) is 50.9 Å². The molecule has 9 heteroatoms. The highest BCUT2D eigenvalue weighted by molar-refractivity contribution is 7.91. The molecule has 0 aliphatic carbocycles. The van der Waals surface area contributed by atoms with Gasteiger partial charge in [-0.1, -0.05) is 29.8 Å². The molecule has 2 aromatic heterocycles. The van der Waals surface area contributed by atoms with Gasteiger partial charge < -0.3 is 4.98 Å². The SMILES string of the molecule is Cc1ccc(-c2c(C)sc3nc(CN4CCN([C@H]5CCS(=O)(=O)C5)CC4)[nH]c(=O)c23)cc1. The van der Waals surface area contributed by atoms with E-state index in [1.54, 1.807) is 11.3 Å². The summed E-state index contributed by atoms with van der Waals surface area (Å²) in [6.45, 7) is 8.08. The molecule has 3 aromatic rings. The van der Waals surface area contributed by atoms with Gasteiger partial charge in [0.05, 0.1) is 23.4 Å². The predicted molar refractivity (Wildman–Crippen MR) is 129 cm³/mol. The zero-order valence-corrected chi connectivity index (χ0v) is 20.1. The quantitative estimate of drug-likeness (QED) is 0.628. The summed E-state index contributed by atoms with van der Waals surface area (Å²) in [5, 5.41) is 0.673. The molecule has 1 N–H and O–H groups in total. The number of hydrogen-bond acceptors (Lipinski definition) is 7. The van der Waals surface area contributed by atoms with E-state index < -0.39 is 9.84 Å². The summed E-state index contributed by atoms with van der Waals surface area (Å²) < 4.78 is 23.6. The molecule has 1 atom stereocenters. The van der Waals surface area contributed by atoms with Crippen LogP contribution in [0.4, 0.5) is 0 Å². The first-order valence-electron chi connectivity index (χ1n) is 11.1. The molecule has 170 valence electrons. The Balaban J connectivity index is 1.32. The number of benzene rings is 1. The highest BCUT2D eigenvalue weighted by atomic mass is 32.2. The van der Waals surface area contributed by atoms with Gasteiger partial charge in [-0.2, -0.15) is 0 Å². The molecule has 2 fully saturated rings. The first-order chi connectivity index (χ1) is 15.3. The van der Waals surface area contributed by atoms with Gasteiger partial charge >= 0.3 is 0 Å². The van der Waals surface area contributed by atoms with Gasteiger partial charge in [0, 0.05) is 42.7 Å². The molecule has 0 spiro atoms. The van der Waals surface area contributed by atoms with Crippen LogP contribution in [0.5, 0.6) is 0 Å². The fourth-order valence-corrected chi connectivity index (χ4v) is 7.69. The average Bonchev–Trinajstić information content (AvgIpc) is 3.28. The monoisotopic (exact) mass is 472 g/mol. The number of nitrogens with zero attached hydrogens (tertiary/aromatic N) is 3. The smallest absolute Gasteiger partial charge is 0.260 e. The maximum Gasteiger partial charge on any atom is 0.260 e. The molecule has 2 aliphatic heterocycles. The van der Waals surface area contributed by atoms with E-state index in [1.807, 2.05) is 6.92 Å². The molecule has 0 bridgehead atoms. The van der Waals surface area contributed by atoms with Gasteiger partial charge in [0.1, 0.15) is 10.7 Å². The van der Waals surface area contributed by atoms with E-state index in [4.69, 9.17) is 4.98 Å². The van der Waals surface area contributed by atoms with E-state index in [9.17, 15) is 13.2 Å². The topological polar surface area (TPSA) is 86.4 Å². The minimum atomic E-state index is -2.86. The summed E-state index contributed by atoms with van der Waals surface area (Å²) in [7, 11) is -2.86. The summed E-state index contributed by atoms with van der Waals surface area (Å²) in [4.78, 5) is 27.3. The van der Waals surface area contributed by atoms with Gasteiger partial charge in [0.2, 0.25) is 0 Å². The average molecular weight is 473 g/mol. The van der Waals surface area contributed by atoms with Crippen LogP contribution < -0.4 is 5.56 Å². The van der Waals surface area contributed by atoms with Crippen LogP contribution in [0.15, 0.2) is 29.1 Å². The maximum absolute atomic E-state index is 13.0. The third-order valence-corrected chi connectivity index (χ3v) is 9.38. The van der Waals surface area contributed by atoms with Gasteiger partial charge in [-0.25, -0.2) is 13.4 Å². The fourth-order valence-electron chi connectivity index (χ4n) is 4.87. The standard InChI is InChI=1S/C23H28N4O3S2/c1-15-3-5-17(6-4-15)20-16(2)31-23-21(20)22(28)24-19(25-23)13-26-8-10-27(11-9-26)18-7-12-32(29,30)14-18/h3-6,18H,7-14H2,1-2H3,(H,24,25,28)/t18-/m0/s1. The van der Waals surface area contributed by atoms with E-state index in [1.165, 1.54) is 5.56 Å². The second-order valence-corrected chi connectivity index (χ2v) is 12.4. The van der Waals surface area contributed by atoms with E-state index >= 15 is 0 Å². The minimum absolute atomic E-state index is 0.0836. The molecular weight excluding hydrogens is 444 g/mol. The van der Waals surface area contributed by atoms with Gasteiger partial charge in [0.15, 0.2) is 9.84 Å². The molecule has 0 unspecified atom stereocenters. The second-order valence-electron chi connectivity index (χ2n) is 8.96. The summed E-state index contributed by atoms with van der Waals surface area (Å²) >= 11 is 1.57. The molecule has 2 saturated heterocycles. The van der Waals surface area contributed by atoms with Crippen molar-refractivity contribution in [3.63, 3.8) is 0 Å². The van der Waals surface area contributed by atoms with Crippen LogP contribution in [-0.4, -0.2) is 71.9 Å². The van der Waals surface area contributed by atoms with Crippen LogP contribution in [0.2, 0.25) is 0 Å². The lowest BCUT2D eigenvalue weighted by Crippen LogP contribution is -2.50. The molecule has 0 saturated carbocycles. The van der Waals surface area contributed by atoms with E-state index in [2.05, 4.69) is 46.0 Å². The summed E-state index contributed by atoms with van der Waals surface area (Å²) in [6, 6.07) is 8.41. The number of hydrogen-bond donors (Lipinski definition) is 1. The number of nitrogens with one attached hydrogen (secondary N) is 1. The Morgan fingerprint density at radius 2 is 1.84 bits per heavy atom. The first-order valence-corrected chi connectivity index (χ1v) is 13.7. The van der Waals surface area contributed by atoms with Crippen molar-refractivity contribution >= 4 is 31.4 Å². The Kier molecular flexibility index (Phi) is 5.69. The largest absolute Gasteiger partial charge is 0.309 e. The molecule has 5 rings (SSSR count). The Labute approximate surface area is 192 Å². The highest BCUT2D eigenvalue weighted by Gasteiger charge is 2.33. The number of rotatable bonds is 4. The van der Waals surface area contributed by atoms with E-state index in [0.29, 0.717) is 29.3 Å². The molecule has 0 amide bonds. The van der Waals surface area contributed by atoms with E-state index in [-0.39, 0.29) is 11.6 Å². The van der Waals surface area contributed by atoms with Crippen LogP contribution in [-0.2, 0) is 16.4 Å². The maximum atomic E-state index is 13.0. The highest BCUT2D eigenvalue weighted by Crippen LogP contribution is 2.35. The summed E-state index contributed by atoms with van der Waals surface area (Å²) in [5.41, 5.74) is 3.13. The van der Waals surface area contributed by atoms with Crippen molar-refractivity contribution in [3.8, 4) is 11.1 Å². The van der Waals surface area contributed by atoms with Crippen LogP contribution in [0.1, 0.15) is 22.7 Å².